The lowest BCUT2D eigenvalue weighted by Crippen LogP contribution is -2.40. The summed E-state index contributed by atoms with van der Waals surface area (Å²) in [5, 5.41) is -1.19. The Morgan fingerprint density at radius 1 is 0.967 bits per heavy atom. The Balaban J connectivity index is 2.42. The fraction of sp³-hybridized carbons (Fsp3) is 0.333. The van der Waals surface area contributed by atoms with Crippen molar-refractivity contribution in [3.63, 3.8) is 0 Å². The fourth-order valence-electron chi connectivity index (χ4n) is 2.58. The van der Waals surface area contributed by atoms with Crippen LogP contribution in [0.15, 0.2) is 59.5 Å². The first-order chi connectivity index (χ1) is 13.9. The van der Waals surface area contributed by atoms with Crippen LogP contribution in [-0.4, -0.2) is 39.6 Å². The minimum atomic E-state index is -4.46. The third-order valence-corrected chi connectivity index (χ3v) is 7.63. The number of hydrogen-bond acceptors (Lipinski definition) is 6. The topological polar surface area (TPSA) is 98.8 Å². The van der Waals surface area contributed by atoms with Crippen LogP contribution in [0.4, 0.5) is 0 Å². The van der Waals surface area contributed by atoms with E-state index < -0.39 is 41.8 Å². The minimum absolute atomic E-state index is 0.0532. The van der Waals surface area contributed by atoms with Gasteiger partial charge < -0.3 is 4.74 Å². The first kappa shape index (κ1) is 25.2. The van der Waals surface area contributed by atoms with Gasteiger partial charge in [-0.1, -0.05) is 65.1 Å². The van der Waals surface area contributed by atoms with Gasteiger partial charge in [0.2, 0.25) is 3.79 Å². The SMILES string of the molecule is COc1ccc([C@H](NS(=O)(=O)OCC(Cl)(Cl)Cl)[C@@H](C)S(=O)(=O)c2ccccc2)cc1. The summed E-state index contributed by atoms with van der Waals surface area (Å²) in [5.41, 5.74) is 0.379. The van der Waals surface area contributed by atoms with Gasteiger partial charge in [0.15, 0.2) is 9.84 Å². The number of halogens is 3. The molecule has 0 aliphatic carbocycles. The molecule has 7 nitrogen and oxygen atoms in total. The molecule has 0 fully saturated rings. The number of benzene rings is 2. The summed E-state index contributed by atoms with van der Waals surface area (Å²) in [6.45, 7) is 0.650. The molecule has 0 bridgehead atoms. The monoisotopic (exact) mass is 515 g/mol. The number of rotatable bonds is 9. The van der Waals surface area contributed by atoms with E-state index in [2.05, 4.69) is 4.72 Å². The highest BCUT2D eigenvalue weighted by Gasteiger charge is 2.35. The number of ether oxygens (including phenoxy) is 1. The van der Waals surface area contributed by atoms with Crippen molar-refractivity contribution in [1.29, 1.82) is 0 Å². The maximum absolute atomic E-state index is 13.1. The molecule has 166 valence electrons. The van der Waals surface area contributed by atoms with Crippen LogP contribution in [0, 0.1) is 0 Å². The molecule has 2 rings (SSSR count). The molecule has 2 atom stereocenters. The Labute approximate surface area is 191 Å². The molecular weight excluding hydrogens is 497 g/mol. The highest BCUT2D eigenvalue weighted by Crippen LogP contribution is 2.30. The first-order valence-electron chi connectivity index (χ1n) is 8.52. The van der Waals surface area contributed by atoms with E-state index in [1.54, 1.807) is 42.5 Å². The Bertz CT molecular complexity index is 1040. The molecule has 0 saturated carbocycles. The summed E-state index contributed by atoms with van der Waals surface area (Å²) < 4.78 is 61.2. The fourth-order valence-corrected chi connectivity index (χ4v) is 5.63. The maximum atomic E-state index is 13.1. The molecular formula is C18H20Cl3NO6S2. The molecule has 0 aromatic heterocycles. The Hall–Kier alpha value is -1.07. The van der Waals surface area contributed by atoms with Crippen LogP contribution in [0.1, 0.15) is 18.5 Å². The average molecular weight is 517 g/mol. The van der Waals surface area contributed by atoms with Gasteiger partial charge in [-0.25, -0.2) is 8.42 Å². The number of alkyl halides is 3. The lowest BCUT2D eigenvalue weighted by atomic mass is 10.1. The predicted octanol–water partition coefficient (Wildman–Crippen LogP) is 3.82. The van der Waals surface area contributed by atoms with E-state index in [1.165, 1.54) is 26.2 Å². The third kappa shape index (κ3) is 6.98. The molecule has 0 aliphatic rings. The van der Waals surface area contributed by atoms with Crippen LogP contribution in [0.5, 0.6) is 5.75 Å². The predicted molar refractivity (Wildman–Crippen MR) is 117 cm³/mol. The molecule has 0 spiro atoms. The van der Waals surface area contributed by atoms with E-state index in [0.29, 0.717) is 11.3 Å². The van der Waals surface area contributed by atoms with Crippen LogP contribution in [-0.2, 0) is 24.3 Å². The van der Waals surface area contributed by atoms with Gasteiger partial charge in [0.1, 0.15) is 12.4 Å². The summed E-state index contributed by atoms with van der Waals surface area (Å²) in [6.07, 6.45) is 0. The molecule has 0 heterocycles. The minimum Gasteiger partial charge on any atom is -0.497 e. The Morgan fingerprint density at radius 2 is 1.53 bits per heavy atom. The van der Waals surface area contributed by atoms with Crippen molar-refractivity contribution in [1.82, 2.24) is 4.72 Å². The molecule has 0 aliphatic heterocycles. The quantitative estimate of drug-likeness (QED) is 0.509. The van der Waals surface area contributed by atoms with E-state index in [-0.39, 0.29) is 4.90 Å². The summed E-state index contributed by atoms with van der Waals surface area (Å²) >= 11 is 16.6. The van der Waals surface area contributed by atoms with Crippen LogP contribution in [0.3, 0.4) is 0 Å². The zero-order chi connectivity index (χ0) is 22.6. The lowest BCUT2D eigenvalue weighted by Gasteiger charge is -2.26. The van der Waals surface area contributed by atoms with Crippen molar-refractivity contribution in [2.24, 2.45) is 0 Å². The molecule has 12 heteroatoms. The van der Waals surface area contributed by atoms with Crippen molar-refractivity contribution >= 4 is 54.9 Å². The van der Waals surface area contributed by atoms with Gasteiger partial charge in [-0.2, -0.15) is 13.1 Å². The van der Waals surface area contributed by atoms with Crippen LogP contribution >= 0.6 is 34.8 Å². The van der Waals surface area contributed by atoms with Crippen molar-refractivity contribution in [2.75, 3.05) is 13.7 Å². The summed E-state index contributed by atoms with van der Waals surface area (Å²) in [7, 11) is -6.90. The number of nitrogens with one attached hydrogen (secondary N) is 1. The van der Waals surface area contributed by atoms with E-state index in [0.717, 1.165) is 0 Å². The van der Waals surface area contributed by atoms with Crippen LogP contribution in [0.2, 0.25) is 0 Å². The van der Waals surface area contributed by atoms with E-state index in [9.17, 15) is 16.8 Å². The maximum Gasteiger partial charge on any atom is 0.336 e. The highest BCUT2D eigenvalue weighted by atomic mass is 35.6. The molecule has 0 amide bonds. The second-order valence-electron chi connectivity index (χ2n) is 6.26. The number of hydrogen-bond donors (Lipinski definition) is 1. The molecule has 0 unspecified atom stereocenters. The Morgan fingerprint density at radius 3 is 2.03 bits per heavy atom. The first-order valence-corrected chi connectivity index (χ1v) is 12.6. The van der Waals surface area contributed by atoms with Gasteiger partial charge in [0.25, 0.3) is 0 Å². The van der Waals surface area contributed by atoms with Gasteiger partial charge >= 0.3 is 10.3 Å². The number of methoxy groups -OCH3 is 1. The lowest BCUT2D eigenvalue weighted by molar-refractivity contribution is 0.313. The third-order valence-electron chi connectivity index (χ3n) is 4.15. The second kappa shape index (κ2) is 10.0. The van der Waals surface area contributed by atoms with Crippen molar-refractivity contribution in [3.05, 3.63) is 60.2 Å². The normalized spacial score (nSPS) is 14.8. The molecule has 2 aromatic rings. The van der Waals surface area contributed by atoms with Crippen molar-refractivity contribution in [2.45, 2.75) is 26.9 Å². The molecule has 0 radical (unpaired) electrons. The van der Waals surface area contributed by atoms with Crippen molar-refractivity contribution in [3.8, 4) is 5.75 Å². The van der Waals surface area contributed by atoms with Crippen LogP contribution in [0.25, 0.3) is 0 Å². The largest absolute Gasteiger partial charge is 0.497 e. The molecule has 2 aromatic carbocycles. The summed E-state index contributed by atoms with van der Waals surface area (Å²) in [6, 6.07) is 12.8. The highest BCUT2D eigenvalue weighted by molar-refractivity contribution is 7.92. The molecule has 30 heavy (non-hydrogen) atoms. The standard InChI is InChI=1S/C18H20Cl3NO6S2/c1-13(29(23,24)16-6-4-3-5-7-16)17(14-8-10-15(27-2)11-9-14)22-30(25,26)28-12-18(19,20)21/h3-11,13,17,22H,12H2,1-2H3/t13-,17-/m1/s1. The smallest absolute Gasteiger partial charge is 0.336 e. The van der Waals surface area contributed by atoms with Crippen molar-refractivity contribution < 1.29 is 25.8 Å². The average Bonchev–Trinajstić information content (AvgIpc) is 2.70. The van der Waals surface area contributed by atoms with E-state index >= 15 is 0 Å². The van der Waals surface area contributed by atoms with Gasteiger partial charge in [0.05, 0.1) is 23.3 Å². The zero-order valence-electron chi connectivity index (χ0n) is 16.0. The molecule has 1 N–H and O–H groups in total. The van der Waals surface area contributed by atoms with Gasteiger partial charge in [-0.3, -0.25) is 4.18 Å². The van der Waals surface area contributed by atoms with Crippen LogP contribution < -0.4 is 9.46 Å². The van der Waals surface area contributed by atoms with Gasteiger partial charge in [-0.05, 0) is 36.8 Å². The molecule has 0 saturated heterocycles. The van der Waals surface area contributed by atoms with E-state index in [1.807, 2.05) is 0 Å². The van der Waals surface area contributed by atoms with E-state index in [4.69, 9.17) is 43.7 Å². The Kier molecular flexibility index (Phi) is 8.43. The summed E-state index contributed by atoms with van der Waals surface area (Å²) in [4.78, 5) is 0.0532. The number of sulfone groups is 1. The van der Waals surface area contributed by atoms with Gasteiger partial charge in [0, 0.05) is 0 Å². The second-order valence-corrected chi connectivity index (χ2v) is 12.5. The zero-order valence-corrected chi connectivity index (χ0v) is 19.9. The van der Waals surface area contributed by atoms with Gasteiger partial charge in [-0.15, -0.1) is 0 Å². The summed E-state index contributed by atoms with van der Waals surface area (Å²) in [5.74, 6) is 0.520.